The van der Waals surface area contributed by atoms with Crippen LogP contribution in [-0.2, 0) is 16.6 Å². The summed E-state index contributed by atoms with van der Waals surface area (Å²) < 4.78 is 32.6. The van der Waals surface area contributed by atoms with Gasteiger partial charge in [0.1, 0.15) is 10.6 Å². The lowest BCUT2D eigenvalue weighted by molar-refractivity contribution is 0.371. The Bertz CT molecular complexity index is 611. The van der Waals surface area contributed by atoms with Crippen molar-refractivity contribution in [3.63, 3.8) is 0 Å². The Labute approximate surface area is 127 Å². The van der Waals surface area contributed by atoms with Crippen LogP contribution >= 0.6 is 0 Å². The van der Waals surface area contributed by atoms with Crippen molar-refractivity contribution >= 4 is 10.0 Å². The number of rotatable bonds is 5. The first-order valence-corrected chi connectivity index (χ1v) is 8.56. The van der Waals surface area contributed by atoms with Crippen molar-refractivity contribution in [3.05, 3.63) is 23.8 Å². The maximum atomic E-state index is 12.9. The Morgan fingerprint density at radius 3 is 2.62 bits per heavy atom. The van der Waals surface area contributed by atoms with Gasteiger partial charge in [-0.3, -0.25) is 0 Å². The number of nitrogens with zero attached hydrogens (tertiary/aromatic N) is 1. The van der Waals surface area contributed by atoms with E-state index < -0.39 is 10.0 Å². The maximum absolute atomic E-state index is 12.9. The van der Waals surface area contributed by atoms with E-state index >= 15 is 0 Å². The molecule has 0 radical (unpaired) electrons. The Hall–Kier alpha value is -1.11. The molecule has 0 unspecified atom stereocenters. The number of benzene rings is 1. The fraction of sp³-hybridized carbons (Fsp3) is 0.600. The Morgan fingerprint density at radius 1 is 1.38 bits per heavy atom. The van der Waals surface area contributed by atoms with Gasteiger partial charge in [-0.25, -0.2) is 8.42 Å². The quantitative estimate of drug-likeness (QED) is 0.901. The summed E-state index contributed by atoms with van der Waals surface area (Å²) in [5.41, 5.74) is 0.957. The minimum absolute atomic E-state index is 0.0306. The zero-order chi connectivity index (χ0) is 15.7. The molecule has 6 heteroatoms. The third kappa shape index (κ3) is 3.39. The van der Waals surface area contributed by atoms with E-state index in [0.717, 1.165) is 12.0 Å². The molecule has 0 aromatic heterocycles. The summed E-state index contributed by atoms with van der Waals surface area (Å²) in [4.78, 5) is 0.260. The van der Waals surface area contributed by atoms with E-state index in [9.17, 15) is 8.42 Å². The van der Waals surface area contributed by atoms with Crippen LogP contribution in [0.3, 0.4) is 0 Å². The lowest BCUT2D eigenvalue weighted by Crippen LogP contribution is -2.30. The maximum Gasteiger partial charge on any atom is 0.246 e. The van der Waals surface area contributed by atoms with Gasteiger partial charge in [0, 0.05) is 19.6 Å². The minimum atomic E-state index is -3.51. The Kier molecular flexibility index (Phi) is 4.60. The molecule has 21 heavy (non-hydrogen) atoms. The molecule has 1 aliphatic rings. The molecule has 0 spiro atoms. The first kappa shape index (κ1) is 16.3. The SMILES string of the molecule is CNCc1ccc(OC)c(S(=O)(=O)N2CCC(C)(C)C2)c1. The largest absolute Gasteiger partial charge is 0.495 e. The molecule has 0 atom stereocenters. The summed E-state index contributed by atoms with van der Waals surface area (Å²) in [5, 5.41) is 3.03. The second kappa shape index (κ2) is 5.94. The van der Waals surface area contributed by atoms with E-state index in [1.54, 1.807) is 16.4 Å². The van der Waals surface area contributed by atoms with Crippen molar-refractivity contribution in [2.45, 2.75) is 31.7 Å². The van der Waals surface area contributed by atoms with Crippen LogP contribution in [0.4, 0.5) is 0 Å². The van der Waals surface area contributed by atoms with Gasteiger partial charge in [-0.2, -0.15) is 4.31 Å². The average molecular weight is 312 g/mol. The molecule has 0 saturated carbocycles. The highest BCUT2D eigenvalue weighted by molar-refractivity contribution is 7.89. The summed E-state index contributed by atoms with van der Waals surface area (Å²) in [7, 11) is -0.178. The summed E-state index contributed by atoms with van der Waals surface area (Å²) >= 11 is 0. The van der Waals surface area contributed by atoms with E-state index in [0.29, 0.717) is 25.4 Å². The monoisotopic (exact) mass is 312 g/mol. The predicted molar refractivity (Wildman–Crippen MR) is 82.9 cm³/mol. The van der Waals surface area contributed by atoms with Gasteiger partial charge in [0.2, 0.25) is 10.0 Å². The molecule has 118 valence electrons. The molecule has 1 saturated heterocycles. The van der Waals surface area contributed by atoms with Crippen molar-refractivity contribution in [3.8, 4) is 5.75 Å². The second-order valence-corrected chi connectivity index (χ2v) is 8.17. The third-order valence-corrected chi connectivity index (χ3v) is 5.74. The number of methoxy groups -OCH3 is 1. The fourth-order valence-corrected chi connectivity index (χ4v) is 4.48. The zero-order valence-electron chi connectivity index (χ0n) is 13.1. The van der Waals surface area contributed by atoms with Crippen LogP contribution in [0.2, 0.25) is 0 Å². The molecule has 1 fully saturated rings. The molecule has 1 aromatic rings. The van der Waals surface area contributed by atoms with E-state index in [1.807, 2.05) is 13.1 Å². The van der Waals surface area contributed by atoms with Crippen molar-refractivity contribution in [1.82, 2.24) is 9.62 Å². The first-order valence-electron chi connectivity index (χ1n) is 7.12. The third-order valence-electron chi connectivity index (χ3n) is 3.87. The molecule has 0 amide bonds. The summed E-state index contributed by atoms with van der Waals surface area (Å²) in [5.74, 6) is 0.402. The molecule has 5 nitrogen and oxygen atoms in total. The van der Waals surface area contributed by atoms with Crippen LogP contribution in [0.15, 0.2) is 23.1 Å². The summed E-state index contributed by atoms with van der Waals surface area (Å²) in [6, 6.07) is 5.30. The smallest absolute Gasteiger partial charge is 0.246 e. The van der Waals surface area contributed by atoms with Gasteiger partial charge in [0.05, 0.1) is 7.11 Å². The van der Waals surface area contributed by atoms with Gasteiger partial charge < -0.3 is 10.1 Å². The molecule has 0 bridgehead atoms. The zero-order valence-corrected chi connectivity index (χ0v) is 14.0. The van der Waals surface area contributed by atoms with Crippen molar-refractivity contribution in [2.75, 3.05) is 27.2 Å². The standard InChI is InChI=1S/C15H24N2O3S/c1-15(2)7-8-17(11-15)21(18,19)14-9-12(10-16-3)5-6-13(14)20-4/h5-6,9,16H,7-8,10-11H2,1-4H3. The van der Waals surface area contributed by atoms with Crippen LogP contribution in [0.1, 0.15) is 25.8 Å². The lowest BCUT2D eigenvalue weighted by atomic mass is 9.93. The van der Waals surface area contributed by atoms with Crippen LogP contribution in [0, 0.1) is 5.41 Å². The average Bonchev–Trinajstić information content (AvgIpc) is 2.80. The molecule has 1 heterocycles. The van der Waals surface area contributed by atoms with Crippen LogP contribution < -0.4 is 10.1 Å². The Morgan fingerprint density at radius 2 is 2.10 bits per heavy atom. The molecule has 1 aromatic carbocycles. The fourth-order valence-electron chi connectivity index (χ4n) is 2.64. The van der Waals surface area contributed by atoms with Gasteiger partial charge >= 0.3 is 0 Å². The molecular formula is C15H24N2O3S. The summed E-state index contributed by atoms with van der Waals surface area (Å²) in [6.45, 7) is 5.93. The molecular weight excluding hydrogens is 288 g/mol. The number of ether oxygens (including phenoxy) is 1. The van der Waals surface area contributed by atoms with Gasteiger partial charge in [-0.05, 0) is 36.6 Å². The molecule has 2 rings (SSSR count). The van der Waals surface area contributed by atoms with E-state index in [4.69, 9.17) is 4.74 Å². The van der Waals surface area contributed by atoms with Crippen molar-refractivity contribution < 1.29 is 13.2 Å². The molecule has 1 N–H and O–H groups in total. The van der Waals surface area contributed by atoms with Crippen LogP contribution in [-0.4, -0.2) is 40.0 Å². The highest BCUT2D eigenvalue weighted by atomic mass is 32.2. The number of hydrogen-bond acceptors (Lipinski definition) is 4. The minimum Gasteiger partial charge on any atom is -0.495 e. The Balaban J connectivity index is 2.41. The van der Waals surface area contributed by atoms with Crippen molar-refractivity contribution in [2.24, 2.45) is 5.41 Å². The molecule has 1 aliphatic heterocycles. The summed E-state index contributed by atoms with van der Waals surface area (Å²) in [6.07, 6.45) is 0.880. The normalized spacial score (nSPS) is 18.9. The lowest BCUT2D eigenvalue weighted by Gasteiger charge is -2.21. The molecule has 0 aliphatic carbocycles. The van der Waals surface area contributed by atoms with Gasteiger partial charge in [0.25, 0.3) is 0 Å². The van der Waals surface area contributed by atoms with Gasteiger partial charge in [-0.1, -0.05) is 19.9 Å². The van der Waals surface area contributed by atoms with Crippen LogP contribution in [0.5, 0.6) is 5.75 Å². The van der Waals surface area contributed by atoms with Gasteiger partial charge in [-0.15, -0.1) is 0 Å². The van der Waals surface area contributed by atoms with Gasteiger partial charge in [0.15, 0.2) is 0 Å². The predicted octanol–water partition coefficient (Wildman–Crippen LogP) is 1.84. The van der Waals surface area contributed by atoms with E-state index in [-0.39, 0.29) is 10.3 Å². The second-order valence-electron chi connectivity index (χ2n) is 6.27. The topological polar surface area (TPSA) is 58.6 Å². The highest BCUT2D eigenvalue weighted by Crippen LogP contribution is 2.35. The number of hydrogen-bond donors (Lipinski definition) is 1. The highest BCUT2D eigenvalue weighted by Gasteiger charge is 2.38. The first-order chi connectivity index (χ1) is 9.80. The number of nitrogens with one attached hydrogen (secondary N) is 1. The van der Waals surface area contributed by atoms with Crippen molar-refractivity contribution in [1.29, 1.82) is 0 Å². The number of sulfonamides is 1. The van der Waals surface area contributed by atoms with E-state index in [2.05, 4.69) is 19.2 Å². The van der Waals surface area contributed by atoms with E-state index in [1.165, 1.54) is 7.11 Å². The van der Waals surface area contributed by atoms with Crippen LogP contribution in [0.25, 0.3) is 0 Å².